The Morgan fingerprint density at radius 2 is 1.82 bits per heavy atom. The van der Waals surface area contributed by atoms with Crippen LogP contribution in [0.2, 0.25) is 0 Å². The quantitative estimate of drug-likeness (QED) is 0.684. The highest BCUT2D eigenvalue weighted by atomic mass is 16.1. The van der Waals surface area contributed by atoms with Crippen molar-refractivity contribution in [3.05, 3.63) is 42.9 Å². The van der Waals surface area contributed by atoms with E-state index in [1.54, 1.807) is 12.3 Å². The second-order valence-electron chi connectivity index (χ2n) is 4.73. The van der Waals surface area contributed by atoms with Crippen molar-refractivity contribution in [2.75, 3.05) is 16.4 Å². The number of anilines is 4. The van der Waals surface area contributed by atoms with Crippen LogP contribution in [0.15, 0.2) is 42.9 Å². The van der Waals surface area contributed by atoms with Gasteiger partial charge < -0.3 is 16.4 Å². The molecule has 22 heavy (non-hydrogen) atoms. The maximum absolute atomic E-state index is 11.0. The minimum atomic E-state index is -0.105. The lowest BCUT2D eigenvalue weighted by molar-refractivity contribution is -0.114. The zero-order valence-electron chi connectivity index (χ0n) is 11.9. The molecule has 7 heteroatoms. The predicted molar refractivity (Wildman–Crippen MR) is 85.8 cm³/mol. The molecule has 4 N–H and O–H groups in total. The van der Waals surface area contributed by atoms with E-state index in [4.69, 9.17) is 5.73 Å². The summed E-state index contributed by atoms with van der Waals surface area (Å²) in [5.74, 6) is 0.952. The number of nitrogens with zero attached hydrogens (tertiary/aromatic N) is 3. The fraction of sp³-hybridized carbons (Fsp3) is 0.0667. The van der Waals surface area contributed by atoms with Gasteiger partial charge in [0.15, 0.2) is 0 Å². The van der Waals surface area contributed by atoms with Crippen molar-refractivity contribution in [3.63, 3.8) is 0 Å². The molecule has 0 aliphatic heterocycles. The summed E-state index contributed by atoms with van der Waals surface area (Å²) < 4.78 is 0. The molecule has 0 spiro atoms. The monoisotopic (exact) mass is 294 g/mol. The molecule has 110 valence electrons. The molecule has 3 aromatic rings. The summed E-state index contributed by atoms with van der Waals surface area (Å²) >= 11 is 0. The van der Waals surface area contributed by atoms with Crippen LogP contribution in [0, 0.1) is 0 Å². The molecule has 7 nitrogen and oxygen atoms in total. The van der Waals surface area contributed by atoms with Crippen LogP contribution < -0.4 is 16.4 Å². The summed E-state index contributed by atoms with van der Waals surface area (Å²) in [7, 11) is 0. The molecule has 0 bridgehead atoms. The summed E-state index contributed by atoms with van der Waals surface area (Å²) in [5, 5.41) is 6.70. The number of nitrogens with two attached hydrogens (primary N) is 1. The first-order chi connectivity index (χ1) is 10.6. The van der Waals surface area contributed by atoms with E-state index in [-0.39, 0.29) is 5.91 Å². The van der Waals surface area contributed by atoms with Gasteiger partial charge in [0.1, 0.15) is 18.0 Å². The molecule has 1 aromatic carbocycles. The van der Waals surface area contributed by atoms with Gasteiger partial charge in [0, 0.05) is 30.6 Å². The van der Waals surface area contributed by atoms with E-state index in [0.29, 0.717) is 11.6 Å². The molecule has 0 aliphatic carbocycles. The minimum Gasteiger partial charge on any atom is -0.384 e. The van der Waals surface area contributed by atoms with Crippen LogP contribution >= 0.6 is 0 Å². The van der Waals surface area contributed by atoms with E-state index in [2.05, 4.69) is 25.6 Å². The number of nitrogen functional groups attached to an aromatic ring is 1. The molecule has 0 aliphatic rings. The van der Waals surface area contributed by atoms with E-state index < -0.39 is 0 Å². The molecule has 0 radical (unpaired) electrons. The molecular weight excluding hydrogens is 280 g/mol. The Bertz CT molecular complexity index is 831. The van der Waals surface area contributed by atoms with Gasteiger partial charge in [-0.05, 0) is 24.3 Å². The van der Waals surface area contributed by atoms with Crippen molar-refractivity contribution < 1.29 is 4.79 Å². The third kappa shape index (κ3) is 2.93. The van der Waals surface area contributed by atoms with Gasteiger partial charge in [-0.15, -0.1) is 0 Å². The Kier molecular flexibility index (Phi) is 3.53. The fourth-order valence-electron chi connectivity index (χ4n) is 2.04. The number of carbonyl (C=O) groups excluding carboxylic acids is 1. The molecule has 0 saturated carbocycles. The Labute approximate surface area is 126 Å². The Balaban J connectivity index is 1.88. The summed E-state index contributed by atoms with van der Waals surface area (Å²) in [5.41, 5.74) is 7.95. The predicted octanol–water partition coefficient (Wildman–Crippen LogP) is 2.31. The molecule has 2 heterocycles. The van der Waals surface area contributed by atoms with Gasteiger partial charge in [-0.2, -0.15) is 0 Å². The number of hydrogen-bond donors (Lipinski definition) is 3. The lowest BCUT2D eigenvalue weighted by Gasteiger charge is -2.09. The van der Waals surface area contributed by atoms with E-state index in [1.165, 1.54) is 13.3 Å². The van der Waals surface area contributed by atoms with Crippen LogP contribution in [-0.4, -0.2) is 20.9 Å². The van der Waals surface area contributed by atoms with Crippen LogP contribution in [-0.2, 0) is 4.79 Å². The summed E-state index contributed by atoms with van der Waals surface area (Å²) in [6.07, 6.45) is 3.11. The van der Waals surface area contributed by atoms with Crippen LogP contribution in [0.4, 0.5) is 23.0 Å². The van der Waals surface area contributed by atoms with Gasteiger partial charge in [-0.3, -0.25) is 4.79 Å². The van der Waals surface area contributed by atoms with Crippen LogP contribution in [0.1, 0.15) is 6.92 Å². The average molecular weight is 294 g/mol. The third-order valence-electron chi connectivity index (χ3n) is 3.01. The van der Waals surface area contributed by atoms with Crippen LogP contribution in [0.3, 0.4) is 0 Å². The first-order valence-electron chi connectivity index (χ1n) is 6.63. The number of nitrogens with one attached hydrogen (secondary N) is 2. The van der Waals surface area contributed by atoms with Gasteiger partial charge in [-0.25, -0.2) is 15.0 Å². The first-order valence-corrected chi connectivity index (χ1v) is 6.63. The Hall–Kier alpha value is -3.22. The molecule has 1 amide bonds. The molecule has 2 aromatic heterocycles. The summed E-state index contributed by atoms with van der Waals surface area (Å²) in [4.78, 5) is 23.5. The van der Waals surface area contributed by atoms with Gasteiger partial charge in [0.05, 0.1) is 10.9 Å². The van der Waals surface area contributed by atoms with Crippen molar-refractivity contribution in [1.82, 2.24) is 15.0 Å². The van der Waals surface area contributed by atoms with Gasteiger partial charge in [0.2, 0.25) is 5.91 Å². The van der Waals surface area contributed by atoms with Crippen molar-refractivity contribution in [2.45, 2.75) is 6.92 Å². The van der Waals surface area contributed by atoms with Crippen molar-refractivity contribution in [3.8, 4) is 0 Å². The van der Waals surface area contributed by atoms with Crippen molar-refractivity contribution in [2.24, 2.45) is 0 Å². The minimum absolute atomic E-state index is 0.105. The number of pyridine rings is 1. The summed E-state index contributed by atoms with van der Waals surface area (Å²) in [6, 6.07) is 9.02. The third-order valence-corrected chi connectivity index (χ3v) is 3.01. The maximum atomic E-state index is 11.0. The lowest BCUT2D eigenvalue weighted by atomic mass is 10.2. The number of carbonyl (C=O) groups is 1. The zero-order chi connectivity index (χ0) is 15.5. The lowest BCUT2D eigenvalue weighted by Crippen LogP contribution is -2.05. The second-order valence-corrected chi connectivity index (χ2v) is 4.73. The smallest absolute Gasteiger partial charge is 0.221 e. The van der Waals surface area contributed by atoms with Gasteiger partial charge >= 0.3 is 0 Å². The fourth-order valence-corrected chi connectivity index (χ4v) is 2.04. The maximum Gasteiger partial charge on any atom is 0.221 e. The zero-order valence-corrected chi connectivity index (χ0v) is 11.9. The number of rotatable bonds is 3. The molecule has 0 atom stereocenters. The Morgan fingerprint density at radius 3 is 2.55 bits per heavy atom. The highest BCUT2D eigenvalue weighted by Gasteiger charge is 2.05. The molecule has 3 rings (SSSR count). The van der Waals surface area contributed by atoms with E-state index in [1.807, 2.05) is 24.3 Å². The van der Waals surface area contributed by atoms with E-state index in [9.17, 15) is 4.79 Å². The number of amides is 1. The van der Waals surface area contributed by atoms with Crippen LogP contribution in [0.25, 0.3) is 10.9 Å². The van der Waals surface area contributed by atoms with Crippen molar-refractivity contribution in [1.29, 1.82) is 0 Å². The normalized spacial score (nSPS) is 10.4. The van der Waals surface area contributed by atoms with Crippen LogP contribution in [0.5, 0.6) is 0 Å². The van der Waals surface area contributed by atoms with E-state index in [0.717, 1.165) is 22.3 Å². The molecule has 0 fully saturated rings. The van der Waals surface area contributed by atoms with Gasteiger partial charge in [0.25, 0.3) is 0 Å². The largest absolute Gasteiger partial charge is 0.384 e. The number of aromatic nitrogens is 3. The van der Waals surface area contributed by atoms with Gasteiger partial charge in [-0.1, -0.05) is 0 Å². The highest BCUT2D eigenvalue weighted by Crippen LogP contribution is 2.24. The second kappa shape index (κ2) is 5.65. The number of fused-ring (bicyclic) bond motifs is 1. The summed E-state index contributed by atoms with van der Waals surface area (Å²) in [6.45, 7) is 1.47. The standard InChI is InChI=1S/C15H14N6O/c1-9(22)20-10-2-4-11(5-3-10)21-15-12-7-17-14(16)6-13(12)18-8-19-15/h2-8H,1H3,(H2,16,17)(H,20,22)(H,18,19,21). The SMILES string of the molecule is CC(=O)Nc1ccc(Nc2ncnc3cc(N)ncc23)cc1. The van der Waals surface area contributed by atoms with Crippen molar-refractivity contribution >= 4 is 39.8 Å². The average Bonchev–Trinajstić information content (AvgIpc) is 2.48. The highest BCUT2D eigenvalue weighted by molar-refractivity contribution is 5.91. The van der Waals surface area contributed by atoms with E-state index >= 15 is 0 Å². The molecule has 0 unspecified atom stereocenters. The Morgan fingerprint density at radius 1 is 1.09 bits per heavy atom. The topological polar surface area (TPSA) is 106 Å². The molecule has 0 saturated heterocycles. The number of benzene rings is 1. The first kappa shape index (κ1) is 13.7. The number of hydrogen-bond acceptors (Lipinski definition) is 6. The molecular formula is C15H14N6O.